The molecule has 3 heteroatoms. The van der Waals surface area contributed by atoms with Gasteiger partial charge in [0.25, 0.3) is 0 Å². The summed E-state index contributed by atoms with van der Waals surface area (Å²) in [7, 11) is 0. The first-order chi connectivity index (χ1) is 1.00. The molecule has 0 aromatic heterocycles. The second kappa shape index (κ2) is 39.9. The fraction of sp³-hybridized carbons (Fsp3) is 0.500. The summed E-state index contributed by atoms with van der Waals surface area (Å²) in [5.41, 5.74) is 0. The van der Waals surface area contributed by atoms with Gasteiger partial charge in [-0.15, -0.1) is 0 Å². The van der Waals surface area contributed by atoms with E-state index in [1.165, 1.54) is 0 Å². The zero-order chi connectivity index (χ0) is 2.00. The Morgan fingerprint density at radius 2 is 1.00 bits per heavy atom. The summed E-state index contributed by atoms with van der Waals surface area (Å²) in [6, 6.07) is 0. The summed E-state index contributed by atoms with van der Waals surface area (Å²) in [6.07, 6.45) is 0. The molecule has 0 atom stereocenters. The predicted octanol–water partition coefficient (Wildman–Crippen LogP) is -5.15. The molecule has 0 bridgehead atoms. The topological polar surface area (TPSA) is 0 Å². The van der Waals surface area contributed by atoms with Crippen molar-refractivity contribution in [2.24, 2.45) is 0 Å². The van der Waals surface area contributed by atoms with Crippen LogP contribution in [0.4, 0.5) is 0 Å². The third-order valence-corrected chi connectivity index (χ3v) is 0. The van der Waals surface area contributed by atoms with E-state index in [1.807, 2.05) is 0 Å². The quantitative estimate of drug-likeness (QED) is 0.382. The number of hydrogen-bond donors (Lipinski definition) is 0. The van der Waals surface area contributed by atoms with E-state index < -0.39 is 0 Å². The zero-order valence-electron chi connectivity index (χ0n) is 2.80. The maximum Gasteiger partial charge on any atom is 3.00 e. The molecule has 0 nitrogen and oxygen atoms in total. The molecule has 0 radical (unpaired) electrons. The van der Waals surface area contributed by atoms with E-state index in [4.69, 9.17) is 0 Å². The van der Waals surface area contributed by atoms with Crippen LogP contribution in [0.3, 0.4) is 0 Å². The minimum Gasteiger partial charge on any atom is -1.00 e. The summed E-state index contributed by atoms with van der Waals surface area (Å²) in [5, 5.41) is 0. The van der Waals surface area contributed by atoms with Gasteiger partial charge in [0, 0.05) is 0 Å². The third-order valence-electron chi connectivity index (χ3n) is 0. The Morgan fingerprint density at radius 3 is 1.00 bits per heavy atom. The van der Waals surface area contributed by atoms with Crippen molar-refractivity contribution in [3.63, 3.8) is 0 Å². The molecule has 0 amide bonds. The molecule has 0 spiro atoms. The number of halogens is 2. The van der Waals surface area contributed by atoms with Crippen LogP contribution in [0.1, 0.15) is 6.92 Å². The Kier molecular flexibility index (Phi) is 230. The Bertz CT molecular complexity index is 7.61. The van der Waals surface area contributed by atoms with Crippen molar-refractivity contribution in [3.05, 3.63) is 6.92 Å². The second-order valence-electron chi connectivity index (χ2n) is 0. The van der Waals surface area contributed by atoms with Crippen molar-refractivity contribution >= 4 is 0 Å². The van der Waals surface area contributed by atoms with E-state index in [2.05, 4.69) is 6.92 Å². The van der Waals surface area contributed by atoms with Gasteiger partial charge in [0.2, 0.25) is 0 Å². The summed E-state index contributed by atoms with van der Waals surface area (Å²) in [6.45, 7) is 5.00. The van der Waals surface area contributed by atoms with Crippen molar-refractivity contribution in [3.8, 4) is 0 Å². The van der Waals surface area contributed by atoms with Gasteiger partial charge in [0.1, 0.15) is 0 Å². The summed E-state index contributed by atoms with van der Waals surface area (Å²) < 4.78 is 0. The maximum absolute atomic E-state index is 3.25. The van der Waals surface area contributed by atoms with E-state index in [-0.39, 0.29) is 63.4 Å². The zero-order valence-corrected chi connectivity index (χ0v) is 6.45. The Balaban J connectivity index is -0.00000000167. The van der Waals surface area contributed by atoms with Gasteiger partial charge in [0.15, 0.2) is 0 Å². The van der Waals surface area contributed by atoms with E-state index in [0.29, 0.717) is 0 Å². The van der Waals surface area contributed by atoms with Gasteiger partial charge < -0.3 is 31.7 Å². The van der Waals surface area contributed by atoms with Crippen LogP contribution in [0.2, 0.25) is 0 Å². The normalized spacial score (nSPS) is 1.20. The van der Waals surface area contributed by atoms with Gasteiger partial charge in [-0.05, 0) is 0 Å². The Morgan fingerprint density at radius 1 is 1.00 bits per heavy atom. The monoisotopic (exact) mass is 258 g/mol. The van der Waals surface area contributed by atoms with Crippen molar-refractivity contribution in [2.75, 3.05) is 0 Å². The molecule has 0 saturated carbocycles. The van der Waals surface area contributed by atoms with Crippen molar-refractivity contribution in [1.82, 2.24) is 0 Å². The summed E-state index contributed by atoms with van der Waals surface area (Å²) >= 11 is 0. The van der Waals surface area contributed by atoms with Crippen LogP contribution in [0.5, 0.6) is 0 Å². The van der Waals surface area contributed by atoms with Gasteiger partial charge in [-0.3, -0.25) is 0 Å². The number of hydrogen-bond acceptors (Lipinski definition) is 0. The van der Waals surface area contributed by atoms with Crippen molar-refractivity contribution in [2.45, 2.75) is 6.92 Å². The van der Waals surface area contributed by atoms with Gasteiger partial charge in [-0.2, -0.15) is 6.92 Å². The molecule has 0 aromatic rings. The van der Waals surface area contributed by atoms with Crippen LogP contribution in [0, 0.1) is 45.5 Å². The smallest absolute Gasteiger partial charge is 1.00 e. The molecule has 0 fully saturated rings. The van der Waals surface area contributed by atoms with Gasteiger partial charge in [-0.25, -0.2) is 0 Å². The fourth-order valence-corrected chi connectivity index (χ4v) is 0. The average molecular weight is 259 g/mol. The van der Waals surface area contributed by atoms with E-state index in [1.54, 1.807) is 6.92 Å². The third kappa shape index (κ3) is 25.2. The molecule has 0 saturated heterocycles. The minimum absolute atomic E-state index is 0. The van der Waals surface area contributed by atoms with Gasteiger partial charge >= 0.3 is 38.6 Å². The molecular formula is C2H5Cl2Tb. The molecule has 0 aromatic carbocycles. The maximum atomic E-state index is 3.25. The van der Waals surface area contributed by atoms with Crippen LogP contribution in [-0.4, -0.2) is 0 Å². The van der Waals surface area contributed by atoms with Crippen LogP contribution in [0.15, 0.2) is 0 Å². The summed E-state index contributed by atoms with van der Waals surface area (Å²) in [4.78, 5) is 0. The van der Waals surface area contributed by atoms with Crippen LogP contribution in [-0.2, 0) is 0 Å². The molecule has 0 N–H and O–H groups in total. The Labute approximate surface area is 76.3 Å². The van der Waals surface area contributed by atoms with Crippen LogP contribution >= 0.6 is 0 Å². The molecule has 36 valence electrons. The van der Waals surface area contributed by atoms with E-state index >= 15 is 0 Å². The predicted molar refractivity (Wildman–Crippen MR) is 11.0 cm³/mol. The van der Waals surface area contributed by atoms with E-state index in [9.17, 15) is 0 Å². The molecule has 0 rings (SSSR count). The molecule has 0 aliphatic heterocycles. The van der Waals surface area contributed by atoms with Crippen LogP contribution < -0.4 is 24.8 Å². The molecule has 5 heavy (non-hydrogen) atoms. The SMILES string of the molecule is [CH2-]C.[Cl-].[Cl-].[Tb+3]. The van der Waals surface area contributed by atoms with Crippen molar-refractivity contribution < 1.29 is 63.4 Å². The molecule has 0 aliphatic carbocycles. The molecule has 0 aliphatic rings. The van der Waals surface area contributed by atoms with Gasteiger partial charge in [-0.1, -0.05) is 0 Å². The first-order valence-corrected chi connectivity index (χ1v) is 0.707. The fourth-order valence-electron chi connectivity index (χ4n) is 0. The minimum atomic E-state index is 0. The second-order valence-corrected chi connectivity index (χ2v) is 0. The van der Waals surface area contributed by atoms with E-state index in [0.717, 1.165) is 0 Å². The average Bonchev–Trinajstić information content (AvgIpc) is 1.00. The first-order valence-electron chi connectivity index (χ1n) is 0.707. The largest absolute Gasteiger partial charge is 3.00 e. The molecule has 0 heterocycles. The van der Waals surface area contributed by atoms with Crippen molar-refractivity contribution in [1.29, 1.82) is 0 Å². The molecular weight excluding hydrogens is 254 g/mol. The van der Waals surface area contributed by atoms with Crippen LogP contribution in [0.25, 0.3) is 0 Å². The number of rotatable bonds is 0. The molecule has 0 unspecified atom stereocenters. The first kappa shape index (κ1) is 28.8. The Hall–Kier alpha value is 1.87. The standard InChI is InChI=1S/C2H5.2ClH.Tb/c1-2;;;/h1H2,2H3;2*1H;/q-1;;;+3/p-2. The summed E-state index contributed by atoms with van der Waals surface area (Å²) in [5.74, 6) is 0. The van der Waals surface area contributed by atoms with Gasteiger partial charge in [0.05, 0.1) is 0 Å².